The molecule has 0 spiro atoms. The van der Waals surface area contributed by atoms with E-state index in [1.807, 2.05) is 0 Å². The number of aromatic amines is 1. The number of rotatable bonds is 4. The highest BCUT2D eigenvalue weighted by molar-refractivity contribution is 7.90. The fourth-order valence-electron chi connectivity index (χ4n) is 2.17. The molecule has 0 aliphatic heterocycles. The van der Waals surface area contributed by atoms with E-state index < -0.39 is 15.8 Å². The number of carbonyl (C=O) groups excluding carboxylic acids is 1. The Kier molecular flexibility index (Phi) is 4.25. The highest BCUT2D eigenvalue weighted by Crippen LogP contribution is 2.23. The number of esters is 1. The van der Waals surface area contributed by atoms with Crippen LogP contribution in [0.25, 0.3) is 10.1 Å². The number of ether oxygens (including phenoxy) is 1. The Morgan fingerprint density at radius 3 is 2.75 bits per heavy atom. The number of benzene rings is 1. The molecule has 124 valence electrons. The van der Waals surface area contributed by atoms with Crippen LogP contribution >= 0.6 is 11.3 Å². The van der Waals surface area contributed by atoms with Crippen molar-refractivity contribution >= 4 is 37.2 Å². The van der Waals surface area contributed by atoms with E-state index in [1.165, 1.54) is 18.3 Å². The molecule has 2 aromatic heterocycles. The Hall–Kier alpha value is -2.45. The van der Waals surface area contributed by atoms with Crippen LogP contribution in [0, 0.1) is 0 Å². The number of hydrogen-bond acceptors (Lipinski definition) is 6. The lowest BCUT2D eigenvalue weighted by Gasteiger charge is -2.05. The molecule has 1 aromatic carbocycles. The summed E-state index contributed by atoms with van der Waals surface area (Å²) in [6, 6.07) is 9.54. The van der Waals surface area contributed by atoms with E-state index >= 15 is 0 Å². The van der Waals surface area contributed by atoms with Gasteiger partial charge in [-0.1, -0.05) is 12.1 Å². The second kappa shape index (κ2) is 6.21. The number of thiophene rings is 1. The minimum Gasteiger partial charge on any atom is -0.457 e. The molecule has 0 saturated heterocycles. The maximum Gasteiger partial charge on any atom is 0.348 e. The van der Waals surface area contributed by atoms with Crippen molar-refractivity contribution in [1.82, 2.24) is 4.98 Å². The first-order valence-corrected chi connectivity index (χ1v) is 9.63. The summed E-state index contributed by atoms with van der Waals surface area (Å²) in [5, 5.41) is 0.676. The van der Waals surface area contributed by atoms with Crippen LogP contribution in [0.2, 0.25) is 0 Å². The summed E-state index contributed by atoms with van der Waals surface area (Å²) in [5.41, 5.74) is 0.322. The first-order valence-electron chi connectivity index (χ1n) is 6.92. The van der Waals surface area contributed by atoms with Gasteiger partial charge in [0.15, 0.2) is 9.84 Å². The van der Waals surface area contributed by atoms with E-state index in [0.717, 1.165) is 17.6 Å². The number of pyridine rings is 1. The summed E-state index contributed by atoms with van der Waals surface area (Å²) < 4.78 is 28.8. The smallest absolute Gasteiger partial charge is 0.348 e. The van der Waals surface area contributed by atoms with Gasteiger partial charge in [0.2, 0.25) is 0 Å². The van der Waals surface area contributed by atoms with E-state index in [9.17, 15) is 18.0 Å². The molecular weight excluding hydrogens is 350 g/mol. The molecule has 2 heterocycles. The minimum absolute atomic E-state index is 0.0488. The van der Waals surface area contributed by atoms with Gasteiger partial charge in [0.1, 0.15) is 16.2 Å². The highest BCUT2D eigenvalue weighted by atomic mass is 32.2. The number of H-pyrrole nitrogens is 1. The fourth-order valence-corrected chi connectivity index (χ4v) is 3.80. The first-order chi connectivity index (χ1) is 11.3. The average molecular weight is 363 g/mol. The Balaban J connectivity index is 1.78. The standard InChI is InChI=1S/C16H13NO5S2/c1-24(20,21)12-4-2-3-10(7-12)9-22-16(19)13-8-11-5-6-17-15(18)14(11)23-13/h2-8H,9H2,1H3,(H,17,18). The maximum atomic E-state index is 12.1. The molecule has 0 fully saturated rings. The predicted molar refractivity (Wildman–Crippen MR) is 91.1 cm³/mol. The van der Waals surface area contributed by atoms with Crippen LogP contribution in [0.5, 0.6) is 0 Å². The summed E-state index contributed by atoms with van der Waals surface area (Å²) in [6.45, 7) is -0.0488. The molecule has 0 atom stereocenters. The lowest BCUT2D eigenvalue weighted by Crippen LogP contribution is -2.04. The largest absolute Gasteiger partial charge is 0.457 e. The SMILES string of the molecule is CS(=O)(=O)c1cccc(COC(=O)c2cc3cc[nH]c(=O)c3s2)c1. The average Bonchev–Trinajstić information content (AvgIpc) is 2.98. The first kappa shape index (κ1) is 16.4. The zero-order chi connectivity index (χ0) is 17.3. The molecule has 1 N–H and O–H groups in total. The topological polar surface area (TPSA) is 93.3 Å². The van der Waals surface area contributed by atoms with Crippen molar-refractivity contribution in [2.45, 2.75) is 11.5 Å². The van der Waals surface area contributed by atoms with Crippen LogP contribution in [-0.2, 0) is 21.2 Å². The third kappa shape index (κ3) is 3.39. The third-order valence-corrected chi connectivity index (χ3v) is 5.58. The molecule has 0 aliphatic carbocycles. The lowest BCUT2D eigenvalue weighted by atomic mass is 10.2. The summed E-state index contributed by atoms with van der Waals surface area (Å²) in [7, 11) is -3.31. The van der Waals surface area contributed by atoms with Crippen molar-refractivity contribution in [2.24, 2.45) is 0 Å². The Bertz CT molecular complexity index is 1080. The number of aromatic nitrogens is 1. The van der Waals surface area contributed by atoms with Gasteiger partial charge in [-0.25, -0.2) is 13.2 Å². The molecule has 3 aromatic rings. The van der Waals surface area contributed by atoms with Crippen LogP contribution < -0.4 is 5.56 Å². The number of nitrogens with one attached hydrogen (secondary N) is 1. The molecule has 0 amide bonds. The van der Waals surface area contributed by atoms with Gasteiger partial charge in [0, 0.05) is 17.8 Å². The number of carbonyl (C=O) groups is 1. The maximum absolute atomic E-state index is 12.1. The van der Waals surface area contributed by atoms with Crippen molar-refractivity contribution in [3.8, 4) is 0 Å². The van der Waals surface area contributed by atoms with Gasteiger partial charge in [0.05, 0.1) is 4.90 Å². The van der Waals surface area contributed by atoms with E-state index in [4.69, 9.17) is 4.74 Å². The minimum atomic E-state index is -3.31. The summed E-state index contributed by atoms with van der Waals surface area (Å²) in [4.78, 5) is 26.9. The molecule has 0 saturated carbocycles. The molecule has 8 heteroatoms. The van der Waals surface area contributed by atoms with Gasteiger partial charge in [-0.2, -0.15) is 0 Å². The molecule has 24 heavy (non-hydrogen) atoms. The lowest BCUT2D eigenvalue weighted by molar-refractivity contribution is 0.0478. The van der Waals surface area contributed by atoms with Crippen molar-refractivity contribution in [2.75, 3.05) is 6.26 Å². The van der Waals surface area contributed by atoms with Gasteiger partial charge in [0.25, 0.3) is 5.56 Å². The summed E-state index contributed by atoms with van der Waals surface area (Å²) in [6.07, 6.45) is 2.63. The second-order valence-corrected chi connectivity index (χ2v) is 8.27. The quantitative estimate of drug-likeness (QED) is 0.718. The highest BCUT2D eigenvalue weighted by Gasteiger charge is 2.14. The summed E-state index contributed by atoms with van der Waals surface area (Å²) >= 11 is 1.06. The van der Waals surface area contributed by atoms with E-state index in [2.05, 4.69) is 4.98 Å². The molecule has 3 rings (SSSR count). The molecule has 0 unspecified atom stereocenters. The fraction of sp³-hybridized carbons (Fsp3) is 0.125. The van der Waals surface area contributed by atoms with Crippen molar-refractivity contribution in [1.29, 1.82) is 0 Å². The van der Waals surface area contributed by atoms with E-state index in [0.29, 0.717) is 20.5 Å². The van der Waals surface area contributed by atoms with Crippen LogP contribution in [0.4, 0.5) is 0 Å². The van der Waals surface area contributed by atoms with Gasteiger partial charge in [-0.3, -0.25) is 4.79 Å². The zero-order valence-corrected chi connectivity index (χ0v) is 14.2. The normalized spacial score (nSPS) is 11.5. The predicted octanol–water partition coefficient (Wildman–Crippen LogP) is 2.35. The number of hydrogen-bond donors (Lipinski definition) is 1. The number of sulfone groups is 1. The molecular formula is C16H13NO5S2. The van der Waals surface area contributed by atoms with E-state index in [-0.39, 0.29) is 17.1 Å². The van der Waals surface area contributed by atoms with Gasteiger partial charge < -0.3 is 9.72 Å². The van der Waals surface area contributed by atoms with Gasteiger partial charge in [-0.05, 0) is 29.8 Å². The Morgan fingerprint density at radius 2 is 2.04 bits per heavy atom. The second-order valence-electron chi connectivity index (χ2n) is 5.20. The van der Waals surface area contributed by atoms with Gasteiger partial charge in [-0.15, -0.1) is 11.3 Å². The zero-order valence-electron chi connectivity index (χ0n) is 12.6. The molecule has 0 radical (unpaired) electrons. The van der Waals surface area contributed by atoms with Gasteiger partial charge >= 0.3 is 5.97 Å². The Labute approximate surface area is 141 Å². The van der Waals surface area contributed by atoms with Crippen LogP contribution in [0.1, 0.15) is 15.2 Å². The Morgan fingerprint density at radius 1 is 1.25 bits per heavy atom. The van der Waals surface area contributed by atoms with Crippen molar-refractivity contribution in [3.05, 3.63) is 63.4 Å². The van der Waals surface area contributed by atoms with E-state index in [1.54, 1.807) is 24.3 Å². The molecule has 0 bridgehead atoms. The number of fused-ring (bicyclic) bond motifs is 1. The summed E-state index contributed by atoms with van der Waals surface area (Å²) in [5.74, 6) is -0.555. The van der Waals surface area contributed by atoms with Crippen molar-refractivity contribution in [3.63, 3.8) is 0 Å². The van der Waals surface area contributed by atoms with Crippen LogP contribution in [0.15, 0.2) is 52.3 Å². The van der Waals surface area contributed by atoms with Crippen LogP contribution in [-0.4, -0.2) is 25.6 Å². The molecule has 6 nitrogen and oxygen atoms in total. The third-order valence-electron chi connectivity index (χ3n) is 3.34. The van der Waals surface area contributed by atoms with Crippen molar-refractivity contribution < 1.29 is 17.9 Å². The monoisotopic (exact) mass is 363 g/mol. The molecule has 0 aliphatic rings. The van der Waals surface area contributed by atoms with Crippen LogP contribution in [0.3, 0.4) is 0 Å².